The third-order valence-electron chi connectivity index (χ3n) is 2.49. The van der Waals surface area contributed by atoms with Crippen LogP contribution in [0.5, 0.6) is 0 Å². The van der Waals surface area contributed by atoms with E-state index in [-0.39, 0.29) is 12.3 Å². The molecule has 0 atom stereocenters. The minimum absolute atomic E-state index is 0.0598. The van der Waals surface area contributed by atoms with Crippen molar-refractivity contribution in [3.63, 3.8) is 0 Å². The molecule has 6 heteroatoms. The van der Waals surface area contributed by atoms with Crippen LogP contribution in [0.2, 0.25) is 0 Å². The van der Waals surface area contributed by atoms with Crippen molar-refractivity contribution in [3.05, 3.63) is 47.6 Å². The normalized spacial score (nSPS) is 10.1. The molecule has 5 nitrogen and oxygen atoms in total. The number of hydrogen-bond donors (Lipinski definition) is 2. The van der Waals surface area contributed by atoms with Crippen LogP contribution in [0.15, 0.2) is 36.4 Å². The smallest absolute Gasteiger partial charge is 0.226 e. The molecule has 2 aromatic rings. The molecular weight excluding hydrogens is 272 g/mol. The lowest BCUT2D eigenvalue weighted by Crippen LogP contribution is -2.25. The van der Waals surface area contributed by atoms with Crippen molar-refractivity contribution in [3.8, 4) is 0 Å². The Morgan fingerprint density at radius 2 is 2.40 bits per heavy atom. The van der Waals surface area contributed by atoms with E-state index in [1.165, 1.54) is 11.3 Å². The first kappa shape index (κ1) is 14.2. The highest BCUT2D eigenvalue weighted by Gasteiger charge is 2.07. The lowest BCUT2D eigenvalue weighted by Gasteiger charge is -2.02. The summed E-state index contributed by atoms with van der Waals surface area (Å²) in [6, 6.07) is 3.88. The Morgan fingerprint density at radius 3 is 3.15 bits per heavy atom. The number of amides is 1. The van der Waals surface area contributed by atoms with Gasteiger partial charge in [-0.25, -0.2) is 9.97 Å². The Morgan fingerprint density at radius 1 is 1.55 bits per heavy atom. The van der Waals surface area contributed by atoms with Gasteiger partial charge in [0.15, 0.2) is 5.13 Å². The van der Waals surface area contributed by atoms with E-state index in [0.717, 1.165) is 22.2 Å². The van der Waals surface area contributed by atoms with Crippen LogP contribution in [0.4, 0.5) is 10.9 Å². The SMILES string of the molecule is C=CCNC(=O)Cc1csc(Nc2cc(C)ccn2)n1. The summed E-state index contributed by atoms with van der Waals surface area (Å²) in [4.78, 5) is 20.1. The fourth-order valence-electron chi connectivity index (χ4n) is 1.57. The van der Waals surface area contributed by atoms with Crippen LogP contribution in [0.25, 0.3) is 0 Å². The first-order valence-corrected chi connectivity index (χ1v) is 7.07. The number of aryl methyl sites for hydroxylation is 1. The van der Waals surface area contributed by atoms with E-state index in [2.05, 4.69) is 27.2 Å². The number of nitrogens with zero attached hydrogens (tertiary/aromatic N) is 2. The maximum Gasteiger partial charge on any atom is 0.226 e. The number of aromatic nitrogens is 2. The zero-order valence-corrected chi connectivity index (χ0v) is 12.0. The molecular formula is C14H16N4OS. The van der Waals surface area contributed by atoms with Crippen LogP contribution in [0.1, 0.15) is 11.3 Å². The van der Waals surface area contributed by atoms with Gasteiger partial charge in [0, 0.05) is 18.1 Å². The van der Waals surface area contributed by atoms with Gasteiger partial charge in [-0.1, -0.05) is 6.08 Å². The molecule has 0 bridgehead atoms. The molecule has 0 saturated carbocycles. The van der Waals surface area contributed by atoms with E-state index in [1.807, 2.05) is 24.4 Å². The summed E-state index contributed by atoms with van der Waals surface area (Å²) in [5.74, 6) is 0.692. The van der Waals surface area contributed by atoms with Gasteiger partial charge < -0.3 is 10.6 Å². The quantitative estimate of drug-likeness (QED) is 0.801. The van der Waals surface area contributed by atoms with Crippen molar-refractivity contribution in [1.29, 1.82) is 0 Å². The minimum Gasteiger partial charge on any atom is -0.352 e. The number of rotatable bonds is 6. The molecule has 104 valence electrons. The van der Waals surface area contributed by atoms with Crippen molar-refractivity contribution >= 4 is 28.2 Å². The summed E-state index contributed by atoms with van der Waals surface area (Å²) in [7, 11) is 0. The predicted octanol–water partition coefficient (Wildman–Crippen LogP) is 2.43. The maximum atomic E-state index is 11.6. The van der Waals surface area contributed by atoms with Gasteiger partial charge >= 0.3 is 0 Å². The van der Waals surface area contributed by atoms with Crippen molar-refractivity contribution in [2.24, 2.45) is 0 Å². The zero-order valence-electron chi connectivity index (χ0n) is 11.2. The van der Waals surface area contributed by atoms with E-state index < -0.39 is 0 Å². The molecule has 2 N–H and O–H groups in total. The number of thiazole rings is 1. The topological polar surface area (TPSA) is 66.9 Å². The Bertz CT molecular complexity index is 609. The highest BCUT2D eigenvalue weighted by atomic mass is 32.1. The van der Waals surface area contributed by atoms with E-state index >= 15 is 0 Å². The van der Waals surface area contributed by atoms with Crippen molar-refractivity contribution in [1.82, 2.24) is 15.3 Å². The number of nitrogens with one attached hydrogen (secondary N) is 2. The highest BCUT2D eigenvalue weighted by Crippen LogP contribution is 2.20. The molecule has 0 radical (unpaired) electrons. The first-order valence-electron chi connectivity index (χ1n) is 6.19. The Labute approximate surface area is 121 Å². The van der Waals surface area contributed by atoms with Crippen LogP contribution in [-0.2, 0) is 11.2 Å². The highest BCUT2D eigenvalue weighted by molar-refractivity contribution is 7.13. The largest absolute Gasteiger partial charge is 0.352 e. The average Bonchev–Trinajstić information content (AvgIpc) is 2.83. The van der Waals surface area contributed by atoms with Gasteiger partial charge in [0.25, 0.3) is 0 Å². The molecule has 0 aromatic carbocycles. The predicted molar refractivity (Wildman–Crippen MR) is 81.3 cm³/mol. The van der Waals surface area contributed by atoms with Crippen LogP contribution in [0.3, 0.4) is 0 Å². The first-order chi connectivity index (χ1) is 9.67. The van der Waals surface area contributed by atoms with Gasteiger partial charge in [0.1, 0.15) is 5.82 Å². The Hall–Kier alpha value is -2.21. The molecule has 2 aromatic heterocycles. The van der Waals surface area contributed by atoms with E-state index in [9.17, 15) is 4.79 Å². The maximum absolute atomic E-state index is 11.6. The summed E-state index contributed by atoms with van der Waals surface area (Å²) < 4.78 is 0. The number of hydrogen-bond acceptors (Lipinski definition) is 5. The number of carbonyl (C=O) groups is 1. The van der Waals surface area contributed by atoms with Crippen LogP contribution in [-0.4, -0.2) is 22.4 Å². The standard InChI is InChI=1S/C14H16N4OS/c1-3-5-16-13(19)8-11-9-20-14(17-11)18-12-7-10(2)4-6-15-12/h3-4,6-7,9H,1,5,8H2,2H3,(H,16,19)(H,15,17,18). The molecule has 0 aliphatic rings. The van der Waals surface area contributed by atoms with Gasteiger partial charge in [-0.2, -0.15) is 0 Å². The second kappa shape index (κ2) is 6.81. The van der Waals surface area contributed by atoms with Crippen LogP contribution >= 0.6 is 11.3 Å². The number of anilines is 2. The van der Waals surface area contributed by atoms with Gasteiger partial charge in [0.2, 0.25) is 5.91 Å². The molecule has 0 fully saturated rings. The van der Waals surface area contributed by atoms with E-state index in [4.69, 9.17) is 0 Å². The summed E-state index contributed by atoms with van der Waals surface area (Å²) in [5, 5.41) is 8.45. The van der Waals surface area contributed by atoms with E-state index in [1.54, 1.807) is 12.3 Å². The monoisotopic (exact) mass is 288 g/mol. The third-order valence-corrected chi connectivity index (χ3v) is 3.29. The lowest BCUT2D eigenvalue weighted by atomic mass is 10.3. The number of pyridine rings is 1. The van der Waals surface area contributed by atoms with E-state index in [0.29, 0.717) is 6.54 Å². The fraction of sp³-hybridized carbons (Fsp3) is 0.214. The van der Waals surface area contributed by atoms with Gasteiger partial charge in [0.05, 0.1) is 12.1 Å². The molecule has 1 amide bonds. The minimum atomic E-state index is -0.0598. The summed E-state index contributed by atoms with van der Waals surface area (Å²) >= 11 is 1.45. The second-order valence-corrected chi connectivity index (χ2v) is 5.12. The number of carbonyl (C=O) groups excluding carboxylic acids is 1. The second-order valence-electron chi connectivity index (χ2n) is 4.26. The molecule has 0 unspecified atom stereocenters. The van der Waals surface area contributed by atoms with Gasteiger partial charge in [-0.05, 0) is 24.6 Å². The lowest BCUT2D eigenvalue weighted by molar-refractivity contribution is -0.120. The zero-order chi connectivity index (χ0) is 14.4. The summed E-state index contributed by atoms with van der Waals surface area (Å²) in [5.41, 5.74) is 1.87. The van der Waals surface area contributed by atoms with Crippen LogP contribution < -0.4 is 10.6 Å². The molecule has 20 heavy (non-hydrogen) atoms. The third kappa shape index (κ3) is 4.17. The van der Waals surface area contributed by atoms with Crippen molar-refractivity contribution < 1.29 is 4.79 Å². The summed E-state index contributed by atoms with van der Waals surface area (Å²) in [6.07, 6.45) is 3.66. The van der Waals surface area contributed by atoms with Crippen molar-refractivity contribution in [2.75, 3.05) is 11.9 Å². The Balaban J connectivity index is 1.95. The molecule has 0 spiro atoms. The van der Waals surface area contributed by atoms with Gasteiger partial charge in [-0.15, -0.1) is 17.9 Å². The molecule has 0 aliphatic carbocycles. The van der Waals surface area contributed by atoms with Crippen LogP contribution in [0, 0.1) is 6.92 Å². The molecule has 2 rings (SSSR count). The molecule has 0 saturated heterocycles. The average molecular weight is 288 g/mol. The Kier molecular flexibility index (Phi) is 4.84. The van der Waals surface area contributed by atoms with Gasteiger partial charge in [-0.3, -0.25) is 4.79 Å². The molecule has 0 aliphatic heterocycles. The summed E-state index contributed by atoms with van der Waals surface area (Å²) in [6.45, 7) is 6.03. The molecule has 2 heterocycles. The fourth-order valence-corrected chi connectivity index (χ4v) is 2.29. The van der Waals surface area contributed by atoms with Crippen molar-refractivity contribution in [2.45, 2.75) is 13.3 Å².